The summed E-state index contributed by atoms with van der Waals surface area (Å²) in [7, 11) is 0. The van der Waals surface area contributed by atoms with Gasteiger partial charge in [-0.15, -0.1) is 10.2 Å². The Kier molecular flexibility index (Phi) is 5.57. The molecule has 1 aliphatic rings. The summed E-state index contributed by atoms with van der Waals surface area (Å²) in [5.41, 5.74) is 0.0625. The van der Waals surface area contributed by atoms with Crippen LogP contribution < -0.4 is 5.32 Å². The van der Waals surface area contributed by atoms with Crippen molar-refractivity contribution in [2.24, 2.45) is 5.92 Å². The third-order valence-corrected chi connectivity index (χ3v) is 4.70. The van der Waals surface area contributed by atoms with Gasteiger partial charge in [0.2, 0.25) is 5.13 Å². The van der Waals surface area contributed by atoms with E-state index in [4.69, 9.17) is 4.74 Å². The molecule has 1 fully saturated rings. The van der Waals surface area contributed by atoms with Gasteiger partial charge in [0.1, 0.15) is 5.01 Å². The predicted molar refractivity (Wildman–Crippen MR) is 88.1 cm³/mol. The number of aromatic nitrogens is 2. The average molecular weight is 312 g/mol. The molecule has 120 valence electrons. The van der Waals surface area contributed by atoms with Gasteiger partial charge in [0.15, 0.2) is 0 Å². The number of morpholine rings is 1. The standard InChI is InChI=1S/C15H28N4OS/c1-11(2)9-19-6-7-20-12(10-19)8-16-14-18-17-13(21-14)15(3,4)5/h11-12H,6-10H2,1-5H3,(H,16,18). The lowest BCUT2D eigenvalue weighted by molar-refractivity contribution is -0.0244. The van der Waals surface area contributed by atoms with Crippen molar-refractivity contribution in [2.75, 3.05) is 38.1 Å². The number of ether oxygens (including phenoxy) is 1. The summed E-state index contributed by atoms with van der Waals surface area (Å²) in [5.74, 6) is 0.703. The molecule has 1 aromatic rings. The van der Waals surface area contributed by atoms with Gasteiger partial charge in [0.25, 0.3) is 0 Å². The van der Waals surface area contributed by atoms with Crippen molar-refractivity contribution < 1.29 is 4.74 Å². The lowest BCUT2D eigenvalue weighted by Gasteiger charge is -2.33. The van der Waals surface area contributed by atoms with Crippen LogP contribution in [0.1, 0.15) is 39.6 Å². The van der Waals surface area contributed by atoms with Crippen LogP contribution in [-0.4, -0.2) is 54.0 Å². The second-order valence-electron chi connectivity index (χ2n) is 7.19. The van der Waals surface area contributed by atoms with E-state index in [1.165, 1.54) is 0 Å². The van der Waals surface area contributed by atoms with Gasteiger partial charge in [-0.1, -0.05) is 46.0 Å². The molecule has 0 spiro atoms. The number of nitrogens with one attached hydrogen (secondary N) is 1. The van der Waals surface area contributed by atoms with Gasteiger partial charge in [0.05, 0.1) is 12.7 Å². The van der Waals surface area contributed by atoms with E-state index < -0.39 is 0 Å². The van der Waals surface area contributed by atoms with Gasteiger partial charge in [-0.25, -0.2) is 0 Å². The third kappa shape index (κ3) is 5.20. The van der Waals surface area contributed by atoms with E-state index in [-0.39, 0.29) is 11.5 Å². The van der Waals surface area contributed by atoms with Crippen LogP contribution in [0.5, 0.6) is 0 Å². The Morgan fingerprint density at radius 2 is 2.14 bits per heavy atom. The summed E-state index contributed by atoms with van der Waals surface area (Å²) in [6, 6.07) is 0. The minimum absolute atomic E-state index is 0.0625. The normalized spacial score (nSPS) is 21.0. The minimum atomic E-state index is 0.0625. The molecule has 1 unspecified atom stereocenters. The second kappa shape index (κ2) is 7.03. The predicted octanol–water partition coefficient (Wildman–Crippen LogP) is 2.60. The number of hydrogen-bond donors (Lipinski definition) is 1. The zero-order valence-electron chi connectivity index (χ0n) is 13.8. The van der Waals surface area contributed by atoms with Crippen molar-refractivity contribution in [3.63, 3.8) is 0 Å². The van der Waals surface area contributed by atoms with Crippen molar-refractivity contribution in [3.05, 3.63) is 5.01 Å². The smallest absolute Gasteiger partial charge is 0.205 e. The van der Waals surface area contributed by atoms with E-state index in [1.807, 2.05) is 0 Å². The maximum Gasteiger partial charge on any atom is 0.205 e. The first kappa shape index (κ1) is 16.6. The van der Waals surface area contributed by atoms with E-state index in [1.54, 1.807) is 11.3 Å². The molecule has 0 aliphatic carbocycles. The fraction of sp³-hybridized carbons (Fsp3) is 0.867. The Hall–Kier alpha value is -0.720. The highest BCUT2D eigenvalue weighted by atomic mass is 32.1. The van der Waals surface area contributed by atoms with Gasteiger partial charge in [-0.3, -0.25) is 4.90 Å². The maximum absolute atomic E-state index is 5.84. The lowest BCUT2D eigenvalue weighted by atomic mass is 9.98. The first-order valence-corrected chi connectivity index (χ1v) is 8.58. The fourth-order valence-corrected chi connectivity index (χ4v) is 3.19. The summed E-state index contributed by atoms with van der Waals surface area (Å²) < 4.78 is 5.84. The van der Waals surface area contributed by atoms with Crippen molar-refractivity contribution in [3.8, 4) is 0 Å². The molecule has 6 heteroatoms. The van der Waals surface area contributed by atoms with Crippen LogP contribution in [0.15, 0.2) is 0 Å². The highest BCUT2D eigenvalue weighted by Crippen LogP contribution is 2.27. The molecular formula is C15H28N4OS. The van der Waals surface area contributed by atoms with Crippen LogP contribution in [0.2, 0.25) is 0 Å². The Labute approximate surface area is 132 Å². The molecule has 0 bridgehead atoms. The Morgan fingerprint density at radius 3 is 2.76 bits per heavy atom. The van der Waals surface area contributed by atoms with Crippen molar-refractivity contribution in [1.29, 1.82) is 0 Å². The first-order valence-electron chi connectivity index (χ1n) is 7.76. The van der Waals surface area contributed by atoms with Crippen LogP contribution in [0.25, 0.3) is 0 Å². The average Bonchev–Trinajstić information content (AvgIpc) is 2.84. The highest BCUT2D eigenvalue weighted by Gasteiger charge is 2.22. The van der Waals surface area contributed by atoms with Crippen LogP contribution in [0.3, 0.4) is 0 Å². The number of anilines is 1. The third-order valence-electron chi connectivity index (χ3n) is 3.39. The summed E-state index contributed by atoms with van der Waals surface area (Å²) in [6.07, 6.45) is 0.236. The number of nitrogens with zero attached hydrogens (tertiary/aromatic N) is 3. The molecule has 1 saturated heterocycles. The van der Waals surface area contributed by atoms with Crippen molar-refractivity contribution in [2.45, 2.75) is 46.1 Å². The summed E-state index contributed by atoms with van der Waals surface area (Å²) in [4.78, 5) is 2.49. The molecule has 0 radical (unpaired) electrons. The molecule has 0 amide bonds. The first-order chi connectivity index (χ1) is 9.84. The van der Waals surface area contributed by atoms with Crippen LogP contribution in [0, 0.1) is 5.92 Å². The quantitative estimate of drug-likeness (QED) is 0.905. The molecule has 0 saturated carbocycles. The lowest BCUT2D eigenvalue weighted by Crippen LogP contribution is -2.46. The van der Waals surface area contributed by atoms with E-state index >= 15 is 0 Å². The molecule has 1 aliphatic heterocycles. The van der Waals surface area contributed by atoms with Gasteiger partial charge < -0.3 is 10.1 Å². The molecule has 5 nitrogen and oxygen atoms in total. The van der Waals surface area contributed by atoms with Crippen molar-refractivity contribution >= 4 is 16.5 Å². The molecule has 2 heterocycles. The van der Waals surface area contributed by atoms with Gasteiger partial charge in [0, 0.05) is 31.6 Å². The van der Waals surface area contributed by atoms with Crippen LogP contribution >= 0.6 is 11.3 Å². The zero-order valence-corrected chi connectivity index (χ0v) is 14.7. The van der Waals surface area contributed by atoms with E-state index in [9.17, 15) is 0 Å². The molecule has 2 rings (SSSR count). The topological polar surface area (TPSA) is 50.3 Å². The molecule has 0 aromatic carbocycles. The van der Waals surface area contributed by atoms with Crippen LogP contribution in [-0.2, 0) is 10.2 Å². The SMILES string of the molecule is CC(C)CN1CCOC(CNc2nnc(C(C)(C)C)s2)C1. The number of hydrogen-bond acceptors (Lipinski definition) is 6. The Morgan fingerprint density at radius 1 is 1.38 bits per heavy atom. The van der Waals surface area contributed by atoms with Gasteiger partial charge >= 0.3 is 0 Å². The zero-order chi connectivity index (χ0) is 15.5. The molecule has 1 N–H and O–H groups in total. The fourth-order valence-electron chi connectivity index (χ4n) is 2.39. The molecule has 1 atom stereocenters. The van der Waals surface area contributed by atoms with Gasteiger partial charge in [-0.2, -0.15) is 0 Å². The van der Waals surface area contributed by atoms with E-state index in [0.29, 0.717) is 5.92 Å². The monoisotopic (exact) mass is 312 g/mol. The summed E-state index contributed by atoms with van der Waals surface area (Å²) >= 11 is 1.64. The Bertz CT molecular complexity index is 441. The maximum atomic E-state index is 5.84. The second-order valence-corrected chi connectivity index (χ2v) is 8.17. The number of rotatable bonds is 5. The van der Waals surface area contributed by atoms with Crippen LogP contribution in [0.4, 0.5) is 5.13 Å². The van der Waals surface area contributed by atoms with E-state index in [0.717, 1.165) is 42.9 Å². The summed E-state index contributed by atoms with van der Waals surface area (Å²) in [5, 5.41) is 13.8. The van der Waals surface area contributed by atoms with E-state index in [2.05, 4.69) is 55.0 Å². The summed E-state index contributed by atoms with van der Waals surface area (Å²) in [6.45, 7) is 15.8. The highest BCUT2D eigenvalue weighted by molar-refractivity contribution is 7.15. The van der Waals surface area contributed by atoms with Gasteiger partial charge in [-0.05, 0) is 5.92 Å². The van der Waals surface area contributed by atoms with Crippen molar-refractivity contribution in [1.82, 2.24) is 15.1 Å². The Balaban J connectivity index is 1.81. The molecule has 21 heavy (non-hydrogen) atoms. The largest absolute Gasteiger partial charge is 0.374 e. The minimum Gasteiger partial charge on any atom is -0.374 e. The molecular weight excluding hydrogens is 284 g/mol. The molecule has 1 aromatic heterocycles.